The van der Waals surface area contributed by atoms with Gasteiger partial charge >= 0.3 is 17.1 Å². The molecule has 0 aliphatic carbocycles. The fourth-order valence-corrected chi connectivity index (χ4v) is 6.15. The van der Waals surface area contributed by atoms with Crippen molar-refractivity contribution in [1.29, 1.82) is 0 Å². The summed E-state index contributed by atoms with van der Waals surface area (Å²) >= 11 is 30.9. The average molecular weight is 873 g/mol. The molecule has 0 heterocycles. The second-order valence-corrected chi connectivity index (χ2v) is 15.4. The van der Waals surface area contributed by atoms with Crippen molar-refractivity contribution in [3.05, 3.63) is 215 Å². The number of thiocarbonyl (C=S) groups is 3. The van der Waals surface area contributed by atoms with Crippen LogP contribution < -0.4 is 0 Å². The van der Waals surface area contributed by atoms with Gasteiger partial charge in [-0.15, -0.1) is 0 Å². The topological polar surface area (TPSA) is 9.72 Å². The Balaban J connectivity index is 0.000000220. The Morgan fingerprint density at radius 2 is 0.418 bits per heavy atom. The molecule has 0 N–H and O–H groups in total. The predicted octanol–water partition coefficient (Wildman–Crippen LogP) is 10.6. The van der Waals surface area contributed by atoms with E-state index in [1.165, 1.54) is 33.4 Å². The minimum absolute atomic E-state index is 0. The van der Waals surface area contributed by atoms with Gasteiger partial charge in [0.05, 0.1) is 0 Å². The summed E-state index contributed by atoms with van der Waals surface area (Å²) in [6, 6.07) is 61.5. The molecule has 6 aromatic rings. The molecule has 0 fully saturated rings. The summed E-state index contributed by atoms with van der Waals surface area (Å²) in [4.78, 5) is 6.11. The van der Waals surface area contributed by atoms with Gasteiger partial charge in [-0.1, -0.05) is 195 Å². The Labute approximate surface area is 370 Å². The summed E-state index contributed by atoms with van der Waals surface area (Å²) in [5.41, 5.74) is 7.34. The Morgan fingerprint density at radius 1 is 0.291 bits per heavy atom. The van der Waals surface area contributed by atoms with Gasteiger partial charge in [0, 0.05) is 39.3 Å². The van der Waals surface area contributed by atoms with Crippen LogP contribution in [0, 0.1) is 0 Å². The number of hydrogen-bond donors (Lipinski definition) is 0. The van der Waals surface area contributed by atoms with Crippen molar-refractivity contribution in [2.24, 2.45) is 0 Å². The zero-order chi connectivity index (χ0) is 38.4. The molecule has 0 spiro atoms. The largest absolute Gasteiger partial charge is 3.00 e. The van der Waals surface area contributed by atoms with E-state index in [0.29, 0.717) is 13.0 Å². The molecule has 0 aliphatic heterocycles. The average Bonchev–Trinajstić information content (AvgIpc) is 3.20. The van der Waals surface area contributed by atoms with Gasteiger partial charge in [0.15, 0.2) is 0 Å². The van der Waals surface area contributed by atoms with Crippen LogP contribution in [0.2, 0.25) is 0 Å². The SMILES string of the molecule is S=C([S-])N(Cc1ccccc1)Cc1ccccc1.S=C([S-])N(Cc1ccccc1)Cc1ccccc1.S=C([S-])N(Cc1ccccc1)Cc1ccccc1.[Fe+3]. The fraction of sp³-hybridized carbons (Fsp3) is 0.133. The summed E-state index contributed by atoms with van der Waals surface area (Å²) in [5, 5.41) is 0. The molecule has 0 aromatic heterocycles. The molecule has 0 atom stereocenters. The molecule has 55 heavy (non-hydrogen) atoms. The van der Waals surface area contributed by atoms with Gasteiger partial charge in [-0.05, 0) is 33.4 Å². The van der Waals surface area contributed by atoms with E-state index in [9.17, 15) is 0 Å². The molecular weight excluding hydrogens is 831 g/mol. The van der Waals surface area contributed by atoms with E-state index >= 15 is 0 Å². The Hall–Kier alpha value is -3.83. The monoisotopic (exact) mass is 872 g/mol. The summed E-state index contributed by atoms with van der Waals surface area (Å²) in [7, 11) is 0. The van der Waals surface area contributed by atoms with Crippen molar-refractivity contribution in [3.8, 4) is 0 Å². The molecular formula is C45H42FeN3S6. The first-order valence-corrected chi connectivity index (χ1v) is 19.8. The maximum atomic E-state index is 5.16. The second kappa shape index (κ2) is 26.1. The van der Waals surface area contributed by atoms with E-state index < -0.39 is 0 Å². The summed E-state index contributed by atoms with van der Waals surface area (Å²) < 4.78 is 1.55. The van der Waals surface area contributed by atoms with Crippen molar-refractivity contribution < 1.29 is 17.1 Å². The molecule has 6 aromatic carbocycles. The van der Waals surface area contributed by atoms with E-state index in [2.05, 4.69) is 72.8 Å². The summed E-state index contributed by atoms with van der Waals surface area (Å²) in [6.07, 6.45) is 0. The Bertz CT molecular complexity index is 1600. The molecule has 0 amide bonds. The van der Waals surface area contributed by atoms with Gasteiger partial charge in [0.25, 0.3) is 0 Å². The van der Waals surface area contributed by atoms with Gasteiger partial charge < -0.3 is 89.2 Å². The molecule has 0 saturated carbocycles. The summed E-state index contributed by atoms with van der Waals surface area (Å²) in [6.45, 7) is 4.57. The molecule has 6 rings (SSSR count). The van der Waals surface area contributed by atoms with Crippen molar-refractivity contribution in [2.75, 3.05) is 0 Å². The first-order chi connectivity index (χ1) is 26.3. The molecule has 281 valence electrons. The quantitative estimate of drug-likeness (QED) is 0.0670. The van der Waals surface area contributed by atoms with Crippen LogP contribution in [0.1, 0.15) is 33.4 Å². The van der Waals surface area contributed by atoms with E-state index in [1.807, 2.05) is 124 Å². The molecule has 10 heteroatoms. The van der Waals surface area contributed by atoms with Crippen LogP contribution in [-0.2, 0) is 94.2 Å². The van der Waals surface area contributed by atoms with Crippen molar-refractivity contribution in [3.63, 3.8) is 0 Å². The van der Waals surface area contributed by atoms with Crippen LogP contribution in [0.4, 0.5) is 0 Å². The third-order valence-electron chi connectivity index (χ3n) is 8.07. The van der Waals surface area contributed by atoms with Crippen LogP contribution in [0.25, 0.3) is 0 Å². The van der Waals surface area contributed by atoms with Crippen molar-refractivity contribution >= 4 is 87.5 Å². The van der Waals surface area contributed by atoms with Crippen LogP contribution in [0.15, 0.2) is 182 Å². The van der Waals surface area contributed by atoms with Crippen LogP contribution >= 0.6 is 36.7 Å². The summed E-state index contributed by atoms with van der Waals surface area (Å²) in [5.74, 6) is 0. The standard InChI is InChI=1S/3C15H15NS2.Fe/c3*17-15(18)16(11-13-7-3-1-4-8-13)12-14-9-5-2-6-10-14;/h3*1-10H,11-12H2,(H,17,18);/q;;;+3/p-3. The molecule has 0 saturated heterocycles. The number of nitrogens with zero attached hydrogens (tertiary/aromatic N) is 3. The zero-order valence-electron chi connectivity index (χ0n) is 30.2. The van der Waals surface area contributed by atoms with E-state index in [-0.39, 0.29) is 17.1 Å². The minimum Gasteiger partial charge on any atom is -0.411 e. The second-order valence-electron chi connectivity index (χ2n) is 12.3. The normalized spacial score (nSPS) is 9.82. The zero-order valence-corrected chi connectivity index (χ0v) is 36.2. The van der Waals surface area contributed by atoms with Crippen LogP contribution in [-0.4, -0.2) is 27.7 Å². The number of rotatable bonds is 12. The molecule has 0 unspecified atom stereocenters. The fourth-order valence-electron chi connectivity index (χ4n) is 5.38. The van der Waals surface area contributed by atoms with E-state index in [0.717, 1.165) is 39.3 Å². The number of hydrogen-bond acceptors (Lipinski definition) is 6. The Morgan fingerprint density at radius 3 is 0.527 bits per heavy atom. The van der Waals surface area contributed by atoms with Gasteiger partial charge in [-0.3, -0.25) is 0 Å². The van der Waals surface area contributed by atoms with Gasteiger partial charge in [0.1, 0.15) is 0 Å². The predicted molar refractivity (Wildman–Crippen MR) is 246 cm³/mol. The van der Waals surface area contributed by atoms with Crippen molar-refractivity contribution in [2.45, 2.75) is 39.3 Å². The van der Waals surface area contributed by atoms with Crippen LogP contribution in [0.3, 0.4) is 0 Å². The third kappa shape index (κ3) is 18.1. The maximum Gasteiger partial charge on any atom is 3.00 e. The smallest absolute Gasteiger partial charge is 0.411 e. The van der Waals surface area contributed by atoms with E-state index in [1.54, 1.807) is 0 Å². The molecule has 0 aliphatic rings. The maximum absolute atomic E-state index is 5.16. The van der Waals surface area contributed by atoms with Gasteiger partial charge in [-0.25, -0.2) is 0 Å². The molecule has 1 radical (unpaired) electrons. The molecule has 3 nitrogen and oxygen atoms in total. The van der Waals surface area contributed by atoms with E-state index in [4.69, 9.17) is 74.5 Å². The van der Waals surface area contributed by atoms with Crippen molar-refractivity contribution in [1.82, 2.24) is 14.7 Å². The number of benzene rings is 6. The van der Waals surface area contributed by atoms with Gasteiger partial charge in [0.2, 0.25) is 0 Å². The first kappa shape index (κ1) is 45.6. The van der Waals surface area contributed by atoms with Gasteiger partial charge in [-0.2, -0.15) is 0 Å². The minimum atomic E-state index is 0. The molecule has 0 bridgehead atoms. The van der Waals surface area contributed by atoms with Crippen LogP contribution in [0.5, 0.6) is 0 Å². The first-order valence-electron chi connectivity index (χ1n) is 17.4. The Kier molecular flexibility index (Phi) is 21.6. The third-order valence-corrected chi connectivity index (χ3v) is 9.62.